The van der Waals surface area contributed by atoms with Crippen LogP contribution in [0.15, 0.2) is 42.9 Å². The summed E-state index contributed by atoms with van der Waals surface area (Å²) >= 11 is 0. The maximum absolute atomic E-state index is 11.8. The summed E-state index contributed by atoms with van der Waals surface area (Å²) in [6, 6.07) is 9.48. The number of H-pyrrole nitrogens is 1. The standard InChI is InChI=1S/C19H18N6O2/c1-3-18(26)24-16-7-13-15(8-17(16)27-2)20-10-21-19(13)23-12-4-5-14-11(6-12)9-22-25-14/h4-10H,3H2,1-2H3,(H,22,25)(H,24,26)(H,20,21,23). The Morgan fingerprint density at radius 3 is 2.93 bits per heavy atom. The summed E-state index contributed by atoms with van der Waals surface area (Å²) in [7, 11) is 1.56. The van der Waals surface area contributed by atoms with E-state index in [2.05, 4.69) is 30.8 Å². The molecular weight excluding hydrogens is 344 g/mol. The Labute approximate surface area is 155 Å². The zero-order valence-electron chi connectivity index (χ0n) is 14.9. The van der Waals surface area contributed by atoms with Crippen LogP contribution in [0.4, 0.5) is 17.2 Å². The summed E-state index contributed by atoms with van der Waals surface area (Å²) in [5.74, 6) is 1.09. The summed E-state index contributed by atoms with van der Waals surface area (Å²) in [5, 5.41) is 14.9. The fraction of sp³-hybridized carbons (Fsp3) is 0.158. The number of nitrogens with zero attached hydrogens (tertiary/aromatic N) is 3. The van der Waals surface area contributed by atoms with Gasteiger partial charge in [0.1, 0.15) is 17.9 Å². The van der Waals surface area contributed by atoms with Crippen molar-refractivity contribution in [3.05, 3.63) is 42.9 Å². The van der Waals surface area contributed by atoms with E-state index in [1.165, 1.54) is 6.33 Å². The Kier molecular flexibility index (Phi) is 4.29. The smallest absolute Gasteiger partial charge is 0.224 e. The predicted octanol–water partition coefficient (Wildman–Crippen LogP) is 3.61. The molecule has 8 heteroatoms. The third kappa shape index (κ3) is 3.24. The molecule has 0 bridgehead atoms. The summed E-state index contributed by atoms with van der Waals surface area (Å²) in [4.78, 5) is 20.5. The quantitative estimate of drug-likeness (QED) is 0.501. The predicted molar refractivity (Wildman–Crippen MR) is 104 cm³/mol. The monoisotopic (exact) mass is 362 g/mol. The Hall–Kier alpha value is -3.68. The number of fused-ring (bicyclic) bond motifs is 2. The molecule has 0 aliphatic carbocycles. The Balaban J connectivity index is 1.77. The number of aromatic amines is 1. The van der Waals surface area contributed by atoms with Gasteiger partial charge in [-0.25, -0.2) is 9.97 Å². The minimum absolute atomic E-state index is 0.0931. The second kappa shape index (κ2) is 6.91. The van der Waals surface area contributed by atoms with E-state index >= 15 is 0 Å². The molecule has 0 fully saturated rings. The molecular formula is C19H18N6O2. The number of aromatic nitrogens is 4. The molecule has 8 nitrogen and oxygen atoms in total. The molecule has 2 heterocycles. The van der Waals surface area contributed by atoms with Crippen LogP contribution in [0.2, 0.25) is 0 Å². The zero-order valence-corrected chi connectivity index (χ0v) is 14.9. The van der Waals surface area contributed by atoms with Gasteiger partial charge in [0, 0.05) is 28.9 Å². The molecule has 2 aromatic heterocycles. The lowest BCUT2D eigenvalue weighted by atomic mass is 10.1. The number of amides is 1. The molecule has 0 saturated heterocycles. The van der Waals surface area contributed by atoms with Crippen LogP contribution < -0.4 is 15.4 Å². The summed E-state index contributed by atoms with van der Waals surface area (Å²) in [6.07, 6.45) is 3.63. The number of anilines is 3. The number of rotatable bonds is 5. The van der Waals surface area contributed by atoms with Crippen molar-refractivity contribution in [1.82, 2.24) is 20.2 Å². The number of hydrogen-bond acceptors (Lipinski definition) is 6. The average molecular weight is 362 g/mol. The van der Waals surface area contributed by atoms with Crippen LogP contribution in [0.3, 0.4) is 0 Å². The molecule has 136 valence electrons. The van der Waals surface area contributed by atoms with Crippen molar-refractivity contribution in [3.63, 3.8) is 0 Å². The van der Waals surface area contributed by atoms with Crippen LogP contribution in [0.1, 0.15) is 13.3 Å². The number of carbonyl (C=O) groups is 1. The van der Waals surface area contributed by atoms with Crippen LogP contribution in [0, 0.1) is 0 Å². The van der Waals surface area contributed by atoms with Crippen LogP contribution in [0.5, 0.6) is 5.75 Å². The van der Waals surface area contributed by atoms with Gasteiger partial charge in [-0.2, -0.15) is 5.10 Å². The van der Waals surface area contributed by atoms with E-state index in [0.29, 0.717) is 29.2 Å². The lowest BCUT2D eigenvalue weighted by molar-refractivity contribution is -0.115. The molecule has 1 amide bonds. The lowest BCUT2D eigenvalue weighted by Crippen LogP contribution is -2.10. The fourth-order valence-corrected chi connectivity index (χ4v) is 2.85. The first kappa shape index (κ1) is 16.8. The highest BCUT2D eigenvalue weighted by Crippen LogP contribution is 2.33. The van der Waals surface area contributed by atoms with Crippen LogP contribution in [0.25, 0.3) is 21.8 Å². The maximum atomic E-state index is 11.8. The molecule has 0 aliphatic heterocycles. The second-order valence-electron chi connectivity index (χ2n) is 5.99. The number of methoxy groups -OCH3 is 1. The minimum Gasteiger partial charge on any atom is -0.494 e. The van der Waals surface area contributed by atoms with E-state index in [-0.39, 0.29) is 5.91 Å². The van der Waals surface area contributed by atoms with E-state index in [9.17, 15) is 4.79 Å². The van der Waals surface area contributed by atoms with Gasteiger partial charge in [0.2, 0.25) is 5.91 Å². The van der Waals surface area contributed by atoms with Crippen LogP contribution in [-0.4, -0.2) is 33.2 Å². The van der Waals surface area contributed by atoms with Gasteiger partial charge in [0.05, 0.1) is 30.0 Å². The molecule has 4 rings (SSSR count). The van der Waals surface area contributed by atoms with Crippen molar-refractivity contribution in [3.8, 4) is 5.75 Å². The molecule has 0 saturated carbocycles. The number of nitrogens with one attached hydrogen (secondary N) is 3. The molecule has 0 radical (unpaired) electrons. The van der Waals surface area contributed by atoms with Gasteiger partial charge < -0.3 is 15.4 Å². The van der Waals surface area contributed by atoms with E-state index in [1.807, 2.05) is 24.3 Å². The third-order valence-electron chi connectivity index (χ3n) is 4.25. The van der Waals surface area contributed by atoms with E-state index in [4.69, 9.17) is 4.74 Å². The van der Waals surface area contributed by atoms with Crippen molar-refractivity contribution in [2.24, 2.45) is 0 Å². The summed E-state index contributed by atoms with van der Waals surface area (Å²) in [5.41, 5.74) is 3.13. The van der Waals surface area contributed by atoms with Crippen molar-refractivity contribution < 1.29 is 9.53 Å². The topological polar surface area (TPSA) is 105 Å². The maximum Gasteiger partial charge on any atom is 0.224 e. The zero-order chi connectivity index (χ0) is 18.8. The van der Waals surface area contributed by atoms with Crippen molar-refractivity contribution in [2.45, 2.75) is 13.3 Å². The fourth-order valence-electron chi connectivity index (χ4n) is 2.85. The Bertz CT molecular complexity index is 1140. The second-order valence-corrected chi connectivity index (χ2v) is 5.99. The third-order valence-corrected chi connectivity index (χ3v) is 4.25. The Morgan fingerprint density at radius 2 is 2.11 bits per heavy atom. The van der Waals surface area contributed by atoms with Crippen LogP contribution >= 0.6 is 0 Å². The molecule has 2 aromatic carbocycles. The Morgan fingerprint density at radius 1 is 1.22 bits per heavy atom. The number of hydrogen-bond donors (Lipinski definition) is 3. The van der Waals surface area contributed by atoms with Gasteiger partial charge in [-0.15, -0.1) is 0 Å². The van der Waals surface area contributed by atoms with Crippen molar-refractivity contribution in [2.75, 3.05) is 17.7 Å². The van der Waals surface area contributed by atoms with Gasteiger partial charge in [0.15, 0.2) is 0 Å². The molecule has 4 aromatic rings. The van der Waals surface area contributed by atoms with Gasteiger partial charge >= 0.3 is 0 Å². The highest BCUT2D eigenvalue weighted by atomic mass is 16.5. The van der Waals surface area contributed by atoms with Crippen molar-refractivity contribution in [1.29, 1.82) is 0 Å². The first-order chi connectivity index (χ1) is 13.2. The van der Waals surface area contributed by atoms with Crippen LogP contribution in [-0.2, 0) is 4.79 Å². The minimum atomic E-state index is -0.0931. The number of carbonyl (C=O) groups excluding carboxylic acids is 1. The molecule has 0 aliphatic rings. The number of benzene rings is 2. The van der Waals surface area contributed by atoms with E-state index in [0.717, 1.165) is 22.0 Å². The van der Waals surface area contributed by atoms with Gasteiger partial charge in [-0.1, -0.05) is 6.92 Å². The highest BCUT2D eigenvalue weighted by Gasteiger charge is 2.12. The normalized spacial score (nSPS) is 10.9. The average Bonchev–Trinajstić information content (AvgIpc) is 3.15. The summed E-state index contributed by atoms with van der Waals surface area (Å²) in [6.45, 7) is 1.80. The lowest BCUT2D eigenvalue weighted by Gasteiger charge is -2.13. The van der Waals surface area contributed by atoms with Gasteiger partial charge in [0.25, 0.3) is 0 Å². The molecule has 0 spiro atoms. The van der Waals surface area contributed by atoms with Gasteiger partial charge in [-0.05, 0) is 24.3 Å². The molecule has 3 N–H and O–H groups in total. The largest absolute Gasteiger partial charge is 0.494 e. The first-order valence-corrected chi connectivity index (χ1v) is 8.50. The summed E-state index contributed by atoms with van der Waals surface area (Å²) < 4.78 is 5.39. The molecule has 0 atom stereocenters. The van der Waals surface area contributed by atoms with E-state index in [1.54, 1.807) is 26.3 Å². The number of ether oxygens (including phenoxy) is 1. The highest BCUT2D eigenvalue weighted by molar-refractivity contribution is 5.99. The first-order valence-electron chi connectivity index (χ1n) is 8.50. The molecule has 0 unspecified atom stereocenters. The van der Waals surface area contributed by atoms with Gasteiger partial charge in [-0.3, -0.25) is 9.89 Å². The molecule has 27 heavy (non-hydrogen) atoms. The van der Waals surface area contributed by atoms with E-state index < -0.39 is 0 Å². The SMILES string of the molecule is CCC(=O)Nc1cc2c(Nc3ccc4[nH]ncc4c3)ncnc2cc1OC. The van der Waals surface area contributed by atoms with Crippen molar-refractivity contribution >= 4 is 44.9 Å².